The van der Waals surface area contributed by atoms with Crippen LogP contribution in [0.5, 0.6) is 0 Å². The van der Waals surface area contributed by atoms with Gasteiger partial charge in [0.1, 0.15) is 0 Å². The predicted molar refractivity (Wildman–Crippen MR) is 66.7 cm³/mol. The van der Waals surface area contributed by atoms with Crippen molar-refractivity contribution in [3.05, 3.63) is 0 Å². The van der Waals surface area contributed by atoms with Crippen molar-refractivity contribution in [1.29, 1.82) is 0 Å². The summed E-state index contributed by atoms with van der Waals surface area (Å²) in [5.74, 6) is 0.182. The molecule has 2 atom stereocenters. The second-order valence-electron chi connectivity index (χ2n) is 5.41. The molecule has 0 aromatic rings. The summed E-state index contributed by atoms with van der Waals surface area (Å²) in [6.07, 6.45) is 6.27. The van der Waals surface area contributed by atoms with Gasteiger partial charge in [0.15, 0.2) is 0 Å². The van der Waals surface area contributed by atoms with Gasteiger partial charge in [-0.05, 0) is 25.7 Å². The van der Waals surface area contributed by atoms with E-state index in [2.05, 4.69) is 5.32 Å². The van der Waals surface area contributed by atoms with Crippen LogP contribution < -0.4 is 5.32 Å². The van der Waals surface area contributed by atoms with E-state index in [0.717, 1.165) is 45.2 Å². The van der Waals surface area contributed by atoms with Crippen LogP contribution in [0.15, 0.2) is 0 Å². The van der Waals surface area contributed by atoms with Gasteiger partial charge in [0.05, 0.1) is 6.10 Å². The minimum absolute atomic E-state index is 0.172. The van der Waals surface area contributed by atoms with Gasteiger partial charge < -0.3 is 15.3 Å². The van der Waals surface area contributed by atoms with Crippen LogP contribution in [0.1, 0.15) is 45.4 Å². The normalized spacial score (nSPS) is 31.5. The molecular formula is C13H24N2O2. The Hall–Kier alpha value is -0.610. The maximum atomic E-state index is 11.2. The maximum absolute atomic E-state index is 11.2. The third kappa shape index (κ3) is 3.42. The molecule has 2 rings (SSSR count). The molecule has 0 radical (unpaired) electrons. The van der Waals surface area contributed by atoms with Gasteiger partial charge in [-0.15, -0.1) is 0 Å². The number of hydrogen-bond acceptors (Lipinski definition) is 3. The van der Waals surface area contributed by atoms with Crippen LogP contribution in [0.25, 0.3) is 0 Å². The molecule has 1 saturated heterocycles. The second kappa shape index (κ2) is 5.83. The SMILES string of the molecule is CC(=O)N1CCC(NC2CCCCC2O)CC1. The lowest BCUT2D eigenvalue weighted by Crippen LogP contribution is -2.51. The number of carbonyl (C=O) groups excluding carboxylic acids is 1. The summed E-state index contributed by atoms with van der Waals surface area (Å²) in [7, 11) is 0. The fraction of sp³-hybridized carbons (Fsp3) is 0.923. The van der Waals surface area contributed by atoms with Gasteiger partial charge in [-0.1, -0.05) is 12.8 Å². The van der Waals surface area contributed by atoms with Gasteiger partial charge in [0, 0.05) is 32.1 Å². The molecular weight excluding hydrogens is 216 g/mol. The highest BCUT2D eigenvalue weighted by Gasteiger charge is 2.27. The third-order valence-corrected chi connectivity index (χ3v) is 4.12. The molecule has 2 N–H and O–H groups in total. The van der Waals surface area contributed by atoms with E-state index >= 15 is 0 Å². The zero-order chi connectivity index (χ0) is 12.3. The average Bonchev–Trinajstić information content (AvgIpc) is 2.33. The molecule has 0 aromatic heterocycles. The number of piperidine rings is 1. The van der Waals surface area contributed by atoms with Crippen LogP contribution in [-0.2, 0) is 4.79 Å². The maximum Gasteiger partial charge on any atom is 0.219 e. The van der Waals surface area contributed by atoms with Crippen LogP contribution in [-0.4, -0.2) is 47.2 Å². The van der Waals surface area contributed by atoms with Crippen LogP contribution in [0.2, 0.25) is 0 Å². The minimum Gasteiger partial charge on any atom is -0.392 e. The van der Waals surface area contributed by atoms with Crippen molar-refractivity contribution in [2.24, 2.45) is 0 Å². The average molecular weight is 240 g/mol. The molecule has 0 spiro atoms. The topological polar surface area (TPSA) is 52.6 Å². The fourth-order valence-electron chi connectivity index (χ4n) is 2.97. The van der Waals surface area contributed by atoms with Gasteiger partial charge in [-0.2, -0.15) is 0 Å². The van der Waals surface area contributed by atoms with Gasteiger partial charge in [-0.3, -0.25) is 4.79 Å². The summed E-state index contributed by atoms with van der Waals surface area (Å²) in [6.45, 7) is 3.35. The number of nitrogens with zero attached hydrogens (tertiary/aromatic N) is 1. The summed E-state index contributed by atoms with van der Waals surface area (Å²) in [6, 6.07) is 0.751. The van der Waals surface area contributed by atoms with Crippen molar-refractivity contribution < 1.29 is 9.90 Å². The highest BCUT2D eigenvalue weighted by molar-refractivity contribution is 5.73. The Balaban J connectivity index is 1.75. The minimum atomic E-state index is -0.172. The number of rotatable bonds is 2. The highest BCUT2D eigenvalue weighted by atomic mass is 16.3. The van der Waals surface area contributed by atoms with E-state index in [4.69, 9.17) is 0 Å². The molecule has 1 amide bonds. The van der Waals surface area contributed by atoms with E-state index in [0.29, 0.717) is 6.04 Å². The van der Waals surface area contributed by atoms with Crippen molar-refractivity contribution in [3.8, 4) is 0 Å². The molecule has 0 bridgehead atoms. The standard InChI is InChI=1S/C13H24N2O2/c1-10(16)15-8-6-11(7-9-15)14-12-4-2-3-5-13(12)17/h11-14,17H,2-9H2,1H3. The summed E-state index contributed by atoms with van der Waals surface area (Å²) >= 11 is 0. The van der Waals surface area contributed by atoms with E-state index < -0.39 is 0 Å². The molecule has 1 aliphatic carbocycles. The molecule has 2 unspecified atom stereocenters. The van der Waals surface area contributed by atoms with E-state index in [1.165, 1.54) is 6.42 Å². The lowest BCUT2D eigenvalue weighted by molar-refractivity contribution is -0.130. The Labute approximate surface area is 103 Å². The molecule has 2 fully saturated rings. The Bertz CT molecular complexity index is 262. The van der Waals surface area contributed by atoms with Gasteiger partial charge in [0.2, 0.25) is 5.91 Å². The smallest absolute Gasteiger partial charge is 0.219 e. The number of nitrogens with one attached hydrogen (secondary N) is 1. The van der Waals surface area contributed by atoms with E-state index in [-0.39, 0.29) is 18.1 Å². The van der Waals surface area contributed by atoms with E-state index in [1.54, 1.807) is 6.92 Å². The lowest BCUT2D eigenvalue weighted by atomic mass is 9.91. The molecule has 17 heavy (non-hydrogen) atoms. The van der Waals surface area contributed by atoms with Crippen LogP contribution >= 0.6 is 0 Å². The quantitative estimate of drug-likeness (QED) is 0.753. The fourth-order valence-corrected chi connectivity index (χ4v) is 2.97. The third-order valence-electron chi connectivity index (χ3n) is 4.12. The number of amides is 1. The summed E-state index contributed by atoms with van der Waals surface area (Å²) in [4.78, 5) is 13.1. The van der Waals surface area contributed by atoms with Crippen LogP contribution in [0, 0.1) is 0 Å². The Morgan fingerprint density at radius 2 is 1.82 bits per heavy atom. The molecule has 1 saturated carbocycles. The molecule has 0 aromatic carbocycles. The monoisotopic (exact) mass is 240 g/mol. The molecule has 2 aliphatic rings. The van der Waals surface area contributed by atoms with Gasteiger partial charge >= 0.3 is 0 Å². The van der Waals surface area contributed by atoms with Crippen molar-refractivity contribution in [3.63, 3.8) is 0 Å². The Kier molecular flexibility index (Phi) is 4.40. The summed E-state index contributed by atoms with van der Waals surface area (Å²) in [5.41, 5.74) is 0. The Morgan fingerprint density at radius 3 is 2.41 bits per heavy atom. The first kappa shape index (κ1) is 12.8. The number of hydrogen-bond donors (Lipinski definition) is 2. The first-order valence-corrected chi connectivity index (χ1v) is 6.86. The van der Waals surface area contributed by atoms with Crippen molar-refractivity contribution in [2.75, 3.05) is 13.1 Å². The second-order valence-corrected chi connectivity index (χ2v) is 5.41. The first-order valence-electron chi connectivity index (χ1n) is 6.86. The van der Waals surface area contributed by atoms with Crippen LogP contribution in [0.3, 0.4) is 0 Å². The zero-order valence-electron chi connectivity index (χ0n) is 10.7. The number of aliphatic hydroxyl groups excluding tert-OH is 1. The van der Waals surface area contributed by atoms with Crippen molar-refractivity contribution in [2.45, 2.75) is 63.6 Å². The van der Waals surface area contributed by atoms with E-state index in [1.807, 2.05) is 4.90 Å². The molecule has 4 nitrogen and oxygen atoms in total. The largest absolute Gasteiger partial charge is 0.392 e. The predicted octanol–water partition coefficient (Wildman–Crippen LogP) is 0.890. The molecule has 1 heterocycles. The van der Waals surface area contributed by atoms with Crippen LogP contribution in [0.4, 0.5) is 0 Å². The number of likely N-dealkylation sites (tertiary alicyclic amines) is 1. The molecule has 4 heteroatoms. The first-order chi connectivity index (χ1) is 8.16. The highest BCUT2D eigenvalue weighted by Crippen LogP contribution is 2.20. The van der Waals surface area contributed by atoms with Gasteiger partial charge in [-0.25, -0.2) is 0 Å². The number of aliphatic hydroxyl groups is 1. The van der Waals surface area contributed by atoms with Crippen molar-refractivity contribution in [1.82, 2.24) is 10.2 Å². The summed E-state index contributed by atoms with van der Waals surface area (Å²) in [5, 5.41) is 13.5. The van der Waals surface area contributed by atoms with Crippen molar-refractivity contribution >= 4 is 5.91 Å². The zero-order valence-corrected chi connectivity index (χ0v) is 10.7. The lowest BCUT2D eigenvalue weighted by Gasteiger charge is -2.36. The van der Waals surface area contributed by atoms with Gasteiger partial charge in [0.25, 0.3) is 0 Å². The van der Waals surface area contributed by atoms with E-state index in [9.17, 15) is 9.90 Å². The molecule has 1 aliphatic heterocycles. The Morgan fingerprint density at radius 1 is 1.18 bits per heavy atom. The molecule has 98 valence electrons. The summed E-state index contributed by atoms with van der Waals surface area (Å²) < 4.78 is 0. The number of carbonyl (C=O) groups is 1.